The van der Waals surface area contributed by atoms with E-state index in [9.17, 15) is 19.2 Å². The second-order valence-corrected chi connectivity index (χ2v) is 13.6. The lowest BCUT2D eigenvalue weighted by molar-refractivity contribution is -0.143. The van der Waals surface area contributed by atoms with Crippen LogP contribution in [0.3, 0.4) is 0 Å². The molecule has 0 aliphatic rings. The van der Waals surface area contributed by atoms with Crippen LogP contribution >= 0.6 is 0 Å². The van der Waals surface area contributed by atoms with Gasteiger partial charge in [-0.2, -0.15) is 0 Å². The first-order chi connectivity index (χ1) is 29.5. The zero-order valence-electron chi connectivity index (χ0n) is 38.6. The highest BCUT2D eigenvalue weighted by Gasteiger charge is 2.19. The van der Waals surface area contributed by atoms with Crippen LogP contribution in [0.15, 0.2) is 73.3 Å². The average molecular weight is 865 g/mol. The Labute approximate surface area is 367 Å². The van der Waals surface area contributed by atoms with Crippen LogP contribution in [0, 0.1) is 27.7 Å². The molecule has 0 spiro atoms. The van der Waals surface area contributed by atoms with Gasteiger partial charge in [0, 0.05) is 60.6 Å². The molecule has 4 atom stereocenters. The smallest absolute Gasteiger partial charge is 0.323 e. The Morgan fingerprint density at radius 3 is 1.00 bits per heavy atom. The lowest BCUT2D eigenvalue weighted by Gasteiger charge is -2.12. The molecule has 0 saturated carbocycles. The third-order valence-electron chi connectivity index (χ3n) is 8.80. The van der Waals surface area contributed by atoms with E-state index in [1.54, 1.807) is 46.7 Å². The number of hydrogen-bond acceptors (Lipinski definition) is 17. The van der Waals surface area contributed by atoms with E-state index in [0.717, 1.165) is 40.3 Å². The van der Waals surface area contributed by atoms with Crippen molar-refractivity contribution in [1.29, 1.82) is 0 Å². The van der Waals surface area contributed by atoms with Crippen LogP contribution in [0.25, 0.3) is 0 Å². The molecule has 17 nitrogen and oxygen atoms in total. The molecule has 0 aliphatic heterocycles. The number of aryl methyl sites for hydroxylation is 4. The van der Waals surface area contributed by atoms with Crippen LogP contribution in [0.5, 0.6) is 5.75 Å². The van der Waals surface area contributed by atoms with E-state index in [-0.39, 0.29) is 47.8 Å². The summed E-state index contributed by atoms with van der Waals surface area (Å²) in [5.41, 5.74) is 7.00. The fourth-order valence-electron chi connectivity index (χ4n) is 4.91. The lowest BCUT2D eigenvalue weighted by atomic mass is 10.1. The summed E-state index contributed by atoms with van der Waals surface area (Å²) in [6.45, 7) is 9.91. The van der Waals surface area contributed by atoms with Gasteiger partial charge in [0.25, 0.3) is 0 Å². The number of nitrogens with one attached hydrogen (secondary N) is 4. The van der Waals surface area contributed by atoms with E-state index in [4.69, 9.17) is 5.11 Å². The van der Waals surface area contributed by atoms with Crippen molar-refractivity contribution in [2.75, 3.05) is 56.6 Å². The SMILES string of the molecule is CC[C@H](NC)C(=O)OC.CN[C@@H](Cc1ccc(C)cn1)C(=O)OC.CN[C@@H](Cc1ccc(C)cn1)C(=O)OC.CN[C@@H](Cc1ccc(O)cn1)C(=O)OC.Cc1ccc(C)nc1. The average Bonchev–Trinajstić information content (AvgIpc) is 3.29. The van der Waals surface area contributed by atoms with Crippen LogP contribution in [0.4, 0.5) is 0 Å². The fraction of sp³-hybridized carbons (Fsp3) is 0.467. The van der Waals surface area contributed by atoms with Crippen LogP contribution in [-0.2, 0) is 57.4 Å². The molecule has 0 aliphatic carbocycles. The second-order valence-electron chi connectivity index (χ2n) is 13.6. The molecule has 4 heterocycles. The number of carbonyl (C=O) groups excluding carboxylic acids is 4. The first kappa shape index (κ1) is 56.1. The van der Waals surface area contributed by atoms with Gasteiger partial charge in [-0.1, -0.05) is 25.1 Å². The lowest BCUT2D eigenvalue weighted by Crippen LogP contribution is -2.37. The zero-order valence-corrected chi connectivity index (χ0v) is 38.6. The van der Waals surface area contributed by atoms with Gasteiger partial charge < -0.3 is 45.3 Å². The van der Waals surface area contributed by atoms with Crippen molar-refractivity contribution in [3.63, 3.8) is 0 Å². The highest BCUT2D eigenvalue weighted by molar-refractivity contribution is 5.77. The Morgan fingerprint density at radius 2 is 0.790 bits per heavy atom. The molecule has 0 saturated heterocycles. The summed E-state index contributed by atoms with van der Waals surface area (Å²) in [4.78, 5) is 61.1. The molecule has 4 rings (SSSR count). The Bertz CT molecular complexity index is 1650. The Morgan fingerprint density at radius 1 is 0.484 bits per heavy atom. The first-order valence-corrected chi connectivity index (χ1v) is 19.9. The zero-order chi connectivity index (χ0) is 47.0. The van der Waals surface area contributed by atoms with E-state index in [1.807, 2.05) is 71.1 Å². The molecular formula is C45H68N8O9. The fourth-order valence-corrected chi connectivity index (χ4v) is 4.91. The summed E-state index contributed by atoms with van der Waals surface area (Å²) in [6.07, 6.45) is 9.09. The van der Waals surface area contributed by atoms with Gasteiger partial charge in [-0.3, -0.25) is 39.1 Å². The van der Waals surface area contributed by atoms with Crippen LogP contribution in [0.2, 0.25) is 0 Å². The molecule has 0 radical (unpaired) electrons. The van der Waals surface area contributed by atoms with Crippen molar-refractivity contribution < 1.29 is 43.2 Å². The molecule has 4 aromatic rings. The number of hydrogen-bond donors (Lipinski definition) is 5. The minimum atomic E-state index is -0.410. The van der Waals surface area contributed by atoms with E-state index >= 15 is 0 Å². The number of aromatic nitrogens is 4. The number of ether oxygens (including phenoxy) is 4. The van der Waals surface area contributed by atoms with Gasteiger partial charge in [0.05, 0.1) is 34.6 Å². The second kappa shape index (κ2) is 32.8. The minimum Gasteiger partial charge on any atom is -0.506 e. The van der Waals surface area contributed by atoms with Crippen molar-refractivity contribution in [1.82, 2.24) is 41.2 Å². The van der Waals surface area contributed by atoms with E-state index in [0.29, 0.717) is 19.3 Å². The number of esters is 4. The maximum Gasteiger partial charge on any atom is 0.323 e. The maximum atomic E-state index is 11.3. The monoisotopic (exact) mass is 865 g/mol. The van der Waals surface area contributed by atoms with Crippen molar-refractivity contribution in [3.05, 3.63) is 113 Å². The molecule has 4 aromatic heterocycles. The quantitative estimate of drug-likeness (QED) is 0.0854. The number of pyridine rings is 4. The standard InChI is InChI=1S/2C11H16N2O2.C10H14N2O3.C7H9N.C6H13NO2/c2*1-8-4-5-9(13-7-8)6-10(12-2)11(14)15-3;1-11-9(10(14)15-2)5-7-3-4-8(13)6-12-7;1-6-3-4-7(2)8-5-6;1-4-5(7-2)6(8)9-3/h2*4-5,7,10,12H,6H2,1-3H3;3-4,6,9,11,13H,5H2,1-2H3;3-5H,1-2H3;5,7H,4H2,1-3H3/t2*10-;9-;;5-/m000.0/s1. The van der Waals surface area contributed by atoms with Crippen molar-refractivity contribution in [2.24, 2.45) is 0 Å². The van der Waals surface area contributed by atoms with Crippen molar-refractivity contribution in [2.45, 2.75) is 84.5 Å². The highest BCUT2D eigenvalue weighted by atomic mass is 16.5. The van der Waals surface area contributed by atoms with E-state index in [1.165, 1.54) is 46.3 Å². The summed E-state index contributed by atoms with van der Waals surface area (Å²) in [7, 11) is 12.4. The molecule has 342 valence electrons. The number of carbonyl (C=O) groups is 4. The van der Waals surface area contributed by atoms with E-state index < -0.39 is 6.04 Å². The molecule has 62 heavy (non-hydrogen) atoms. The third-order valence-corrected chi connectivity index (χ3v) is 8.80. The van der Waals surface area contributed by atoms with Gasteiger partial charge in [-0.25, -0.2) is 0 Å². The number of likely N-dealkylation sites (N-methyl/N-ethyl adjacent to an activating group) is 4. The highest BCUT2D eigenvalue weighted by Crippen LogP contribution is 2.08. The molecule has 0 unspecified atom stereocenters. The molecule has 17 heteroatoms. The molecule has 5 N–H and O–H groups in total. The predicted octanol–water partition coefficient (Wildman–Crippen LogP) is 3.33. The molecule has 0 aromatic carbocycles. The van der Waals surface area contributed by atoms with Gasteiger partial charge in [-0.15, -0.1) is 0 Å². The minimum absolute atomic E-state index is 0.109. The summed E-state index contributed by atoms with van der Waals surface area (Å²) in [5, 5.41) is 20.5. The summed E-state index contributed by atoms with van der Waals surface area (Å²) in [6, 6.07) is 13.9. The van der Waals surface area contributed by atoms with Crippen molar-refractivity contribution in [3.8, 4) is 5.75 Å². The summed E-state index contributed by atoms with van der Waals surface area (Å²) in [5.74, 6) is -0.940. The summed E-state index contributed by atoms with van der Waals surface area (Å²) >= 11 is 0. The third kappa shape index (κ3) is 23.8. The van der Waals surface area contributed by atoms with Gasteiger partial charge in [0.1, 0.15) is 29.9 Å². The largest absolute Gasteiger partial charge is 0.506 e. The topological polar surface area (TPSA) is 225 Å². The number of nitrogens with zero attached hydrogens (tertiary/aromatic N) is 4. The molecule has 0 fully saturated rings. The van der Waals surface area contributed by atoms with Crippen LogP contribution in [-0.4, -0.2) is 130 Å². The summed E-state index contributed by atoms with van der Waals surface area (Å²) < 4.78 is 18.5. The molecular weight excluding hydrogens is 797 g/mol. The Balaban J connectivity index is 0.000000766. The van der Waals surface area contributed by atoms with E-state index in [2.05, 4.69) is 66.2 Å². The first-order valence-electron chi connectivity index (χ1n) is 19.9. The predicted molar refractivity (Wildman–Crippen MR) is 238 cm³/mol. The van der Waals surface area contributed by atoms with Gasteiger partial charge in [0.15, 0.2) is 0 Å². The molecule has 0 amide bonds. The Hall–Kier alpha value is -5.88. The van der Waals surface area contributed by atoms with Gasteiger partial charge in [-0.05, 0) is 109 Å². The van der Waals surface area contributed by atoms with Crippen LogP contribution < -0.4 is 21.3 Å². The van der Waals surface area contributed by atoms with Crippen molar-refractivity contribution >= 4 is 23.9 Å². The molecule has 0 bridgehead atoms. The van der Waals surface area contributed by atoms with Crippen LogP contribution in [0.1, 0.15) is 52.8 Å². The number of methoxy groups -OCH3 is 4. The number of aromatic hydroxyl groups is 1. The normalized spacial score (nSPS) is 11.9. The van der Waals surface area contributed by atoms with Gasteiger partial charge >= 0.3 is 23.9 Å². The maximum absolute atomic E-state index is 11.3. The number of rotatable bonds is 15. The van der Waals surface area contributed by atoms with Gasteiger partial charge in [0.2, 0.25) is 0 Å². The Kier molecular flexibility index (Phi) is 29.7.